The highest BCUT2D eigenvalue weighted by Gasteiger charge is 2.36. The number of carbonyl (C=O) groups is 1. The Morgan fingerprint density at radius 3 is 2.62 bits per heavy atom. The van der Waals surface area contributed by atoms with E-state index in [0.29, 0.717) is 41.7 Å². The van der Waals surface area contributed by atoms with Crippen molar-refractivity contribution in [1.29, 1.82) is 0 Å². The predicted octanol–water partition coefficient (Wildman–Crippen LogP) is 6.11. The van der Waals surface area contributed by atoms with Crippen LogP contribution in [0.1, 0.15) is 65.4 Å². The van der Waals surface area contributed by atoms with Crippen LogP contribution in [-0.4, -0.2) is 55.9 Å². The Bertz CT molecular complexity index is 1390. The number of hydrogen-bond acceptors (Lipinski definition) is 7. The minimum absolute atomic E-state index is 0.0210. The Kier molecular flexibility index (Phi) is 8.40. The van der Waals surface area contributed by atoms with E-state index in [0.717, 1.165) is 17.1 Å². The number of piperidine rings is 1. The number of oxime groups is 1. The maximum Gasteiger partial charge on any atom is 0.282 e. The van der Waals surface area contributed by atoms with Crippen LogP contribution < -0.4 is 0 Å². The van der Waals surface area contributed by atoms with Gasteiger partial charge < -0.3 is 9.74 Å². The Labute approximate surface area is 233 Å². The summed E-state index contributed by atoms with van der Waals surface area (Å²) in [4.78, 5) is 24.5. The lowest BCUT2D eigenvalue weighted by Gasteiger charge is -2.37. The lowest BCUT2D eigenvalue weighted by molar-refractivity contribution is -0.133. The number of likely N-dealkylation sites (tertiary alicyclic amines) is 1. The van der Waals surface area contributed by atoms with Crippen LogP contribution in [0.15, 0.2) is 34.8 Å². The Morgan fingerprint density at radius 2 is 1.95 bits per heavy atom. The fourth-order valence-corrected chi connectivity index (χ4v) is 6.88. The quantitative estimate of drug-likeness (QED) is 0.291. The second kappa shape index (κ2) is 11.8. The molecule has 0 radical (unpaired) electrons. The molecule has 4 heterocycles. The van der Waals surface area contributed by atoms with E-state index in [1.54, 1.807) is 5.38 Å². The molecule has 0 bridgehead atoms. The summed E-state index contributed by atoms with van der Waals surface area (Å²) in [5.41, 5.74) is -0.691. The number of benzene rings is 1. The van der Waals surface area contributed by atoms with E-state index < -0.39 is 54.4 Å². The van der Waals surface area contributed by atoms with Crippen LogP contribution >= 0.6 is 23.1 Å². The molecule has 5 rings (SSSR count). The van der Waals surface area contributed by atoms with Gasteiger partial charge in [0.25, 0.3) is 12.9 Å². The van der Waals surface area contributed by atoms with Crippen LogP contribution in [0.25, 0.3) is 0 Å². The lowest BCUT2D eigenvalue weighted by Crippen LogP contribution is -2.45. The molecular formula is C25H23F6N5O2S2. The van der Waals surface area contributed by atoms with Crippen molar-refractivity contribution < 1.29 is 36.0 Å². The summed E-state index contributed by atoms with van der Waals surface area (Å²) in [6, 6.07) is 4.22. The summed E-state index contributed by atoms with van der Waals surface area (Å²) in [7, 11) is 0. The Hall–Kier alpha value is -3.07. The summed E-state index contributed by atoms with van der Waals surface area (Å²) in [5, 5.41) is 10.1. The third kappa shape index (κ3) is 5.71. The fraction of sp³-hybridized carbons (Fsp3) is 0.440. The van der Waals surface area contributed by atoms with Crippen LogP contribution in [0.2, 0.25) is 0 Å². The van der Waals surface area contributed by atoms with Crippen molar-refractivity contribution in [3.63, 3.8) is 0 Å². The van der Waals surface area contributed by atoms with Crippen LogP contribution in [0.5, 0.6) is 0 Å². The molecule has 7 nitrogen and oxygen atoms in total. The standard InChI is InChI=1S/C25H23F6N5O2S2/c1-39-20-9-35(21(37)10-36-18(24(30)31)7-16(33-36)23(28)29)6-5-12(20)25-32-17(11-40-25)15-8-19(38-34-15)22-13(26)3-2-4-14(22)27/h2-4,7,11-12,19-20,23-24H,5-6,8-10H2,1H3. The molecule has 3 unspecified atom stereocenters. The Morgan fingerprint density at radius 1 is 1.20 bits per heavy atom. The highest BCUT2D eigenvalue weighted by atomic mass is 32.2. The number of amides is 1. The molecule has 1 aromatic carbocycles. The van der Waals surface area contributed by atoms with E-state index in [4.69, 9.17) is 9.82 Å². The van der Waals surface area contributed by atoms with Gasteiger partial charge in [0, 0.05) is 36.1 Å². The number of thiazole rings is 1. The lowest BCUT2D eigenvalue weighted by atomic mass is 9.96. The summed E-state index contributed by atoms with van der Waals surface area (Å²) >= 11 is 2.93. The van der Waals surface area contributed by atoms with Crippen LogP contribution in [0.4, 0.5) is 26.3 Å². The van der Waals surface area contributed by atoms with Gasteiger partial charge in [-0.3, -0.25) is 9.48 Å². The fourth-order valence-electron chi connectivity index (χ4n) is 4.85. The number of aromatic nitrogens is 3. The topological polar surface area (TPSA) is 72.6 Å². The smallest absolute Gasteiger partial charge is 0.282 e. The zero-order valence-electron chi connectivity index (χ0n) is 20.9. The second-order valence-electron chi connectivity index (χ2n) is 9.30. The van der Waals surface area contributed by atoms with Gasteiger partial charge in [-0.15, -0.1) is 11.3 Å². The van der Waals surface area contributed by atoms with Crippen molar-refractivity contribution in [3.05, 3.63) is 68.9 Å². The molecule has 214 valence electrons. The molecule has 1 amide bonds. The second-order valence-corrected chi connectivity index (χ2v) is 11.3. The number of hydrogen-bond donors (Lipinski definition) is 0. The molecule has 2 aromatic heterocycles. The molecule has 15 heteroatoms. The molecule has 3 aromatic rings. The minimum atomic E-state index is -3.05. The highest BCUT2D eigenvalue weighted by Crippen LogP contribution is 2.38. The summed E-state index contributed by atoms with van der Waals surface area (Å²) < 4.78 is 81.6. The predicted molar refractivity (Wildman–Crippen MR) is 137 cm³/mol. The van der Waals surface area contributed by atoms with Crippen molar-refractivity contribution in [2.24, 2.45) is 5.16 Å². The first-order valence-electron chi connectivity index (χ1n) is 12.2. The van der Waals surface area contributed by atoms with Gasteiger partial charge in [0.1, 0.15) is 35.3 Å². The van der Waals surface area contributed by atoms with Gasteiger partial charge in [-0.25, -0.2) is 31.3 Å². The largest absolute Gasteiger partial charge is 0.387 e. The van der Waals surface area contributed by atoms with Crippen molar-refractivity contribution in [2.45, 2.75) is 49.5 Å². The molecule has 0 spiro atoms. The molecule has 40 heavy (non-hydrogen) atoms. The SMILES string of the molecule is CSC1CN(C(=O)Cn2nc(C(F)F)cc2C(F)F)CCC1c1nc(C2=NOC(c3c(F)cccc3F)C2)cs1. The third-order valence-electron chi connectivity index (χ3n) is 6.90. The van der Waals surface area contributed by atoms with Gasteiger partial charge in [0.15, 0.2) is 6.10 Å². The van der Waals surface area contributed by atoms with E-state index >= 15 is 0 Å². The van der Waals surface area contributed by atoms with Crippen molar-refractivity contribution >= 4 is 34.7 Å². The molecule has 2 aliphatic rings. The van der Waals surface area contributed by atoms with Crippen molar-refractivity contribution in [1.82, 2.24) is 19.7 Å². The van der Waals surface area contributed by atoms with E-state index in [1.807, 2.05) is 6.26 Å². The number of nitrogens with zero attached hydrogens (tertiary/aromatic N) is 5. The van der Waals surface area contributed by atoms with E-state index in [2.05, 4.69) is 10.3 Å². The molecule has 1 fully saturated rings. The van der Waals surface area contributed by atoms with Gasteiger partial charge in [0.2, 0.25) is 5.91 Å². The first-order chi connectivity index (χ1) is 19.2. The molecule has 0 saturated carbocycles. The monoisotopic (exact) mass is 603 g/mol. The Balaban J connectivity index is 1.24. The zero-order valence-corrected chi connectivity index (χ0v) is 22.6. The highest BCUT2D eigenvalue weighted by molar-refractivity contribution is 7.99. The molecule has 0 aliphatic carbocycles. The molecule has 3 atom stereocenters. The maximum absolute atomic E-state index is 14.2. The number of rotatable bonds is 8. The van der Waals surface area contributed by atoms with Gasteiger partial charge in [-0.05, 0) is 30.9 Å². The molecule has 0 N–H and O–H groups in total. The van der Waals surface area contributed by atoms with Crippen molar-refractivity contribution in [2.75, 3.05) is 19.3 Å². The number of alkyl halides is 4. The van der Waals surface area contributed by atoms with Crippen LogP contribution in [0.3, 0.4) is 0 Å². The third-order valence-corrected chi connectivity index (χ3v) is 8.96. The number of thioether (sulfide) groups is 1. The molecule has 2 aliphatic heterocycles. The first-order valence-corrected chi connectivity index (χ1v) is 14.4. The number of halogens is 6. The summed E-state index contributed by atoms with van der Waals surface area (Å²) in [6.07, 6.45) is -4.39. The average molecular weight is 604 g/mol. The molecular weight excluding hydrogens is 580 g/mol. The maximum atomic E-state index is 14.2. The summed E-state index contributed by atoms with van der Waals surface area (Å²) in [6.45, 7) is 0.0650. The first kappa shape index (κ1) is 28.5. The van der Waals surface area contributed by atoms with Gasteiger partial charge in [0.05, 0.1) is 16.3 Å². The van der Waals surface area contributed by atoms with Crippen molar-refractivity contribution in [3.8, 4) is 0 Å². The van der Waals surface area contributed by atoms with Gasteiger partial charge in [-0.2, -0.15) is 16.9 Å². The van der Waals surface area contributed by atoms with Crippen LogP contribution in [-0.2, 0) is 16.2 Å². The minimum Gasteiger partial charge on any atom is -0.387 e. The van der Waals surface area contributed by atoms with E-state index in [9.17, 15) is 31.1 Å². The van der Waals surface area contributed by atoms with Gasteiger partial charge in [-0.1, -0.05) is 11.2 Å². The number of carbonyl (C=O) groups excluding carboxylic acids is 1. The average Bonchev–Trinajstić information content (AvgIpc) is 3.68. The van der Waals surface area contributed by atoms with E-state index in [1.165, 1.54) is 34.1 Å². The normalized spacial score (nSPS) is 21.3. The molecule has 1 saturated heterocycles. The van der Waals surface area contributed by atoms with Crippen LogP contribution in [0, 0.1) is 11.6 Å². The van der Waals surface area contributed by atoms with Gasteiger partial charge >= 0.3 is 0 Å². The zero-order chi connectivity index (χ0) is 28.6. The van der Waals surface area contributed by atoms with E-state index in [-0.39, 0.29) is 23.2 Å². The summed E-state index contributed by atoms with van der Waals surface area (Å²) in [5.74, 6) is -1.94.